The molecule has 0 bridgehead atoms. The van der Waals surface area contributed by atoms with E-state index in [9.17, 15) is 5.11 Å². The van der Waals surface area contributed by atoms with E-state index in [0.717, 1.165) is 24.2 Å². The lowest BCUT2D eigenvalue weighted by Gasteiger charge is -2.32. The first kappa shape index (κ1) is 13.7. The molecule has 2 aromatic rings. The van der Waals surface area contributed by atoms with Gasteiger partial charge in [0.05, 0.1) is 36.3 Å². The first-order valence-electron chi connectivity index (χ1n) is 6.67. The van der Waals surface area contributed by atoms with Crippen molar-refractivity contribution in [2.24, 2.45) is 0 Å². The third kappa shape index (κ3) is 2.06. The zero-order valence-electron chi connectivity index (χ0n) is 11.3. The minimum Gasteiger partial charge on any atom is -0.469 e. The topological polar surface area (TPSA) is 60.4 Å². The summed E-state index contributed by atoms with van der Waals surface area (Å²) >= 11 is 6.27. The fourth-order valence-corrected chi connectivity index (χ4v) is 3.21. The summed E-state index contributed by atoms with van der Waals surface area (Å²) in [7, 11) is 1.63. The number of furan rings is 1. The van der Waals surface area contributed by atoms with E-state index in [4.69, 9.17) is 20.8 Å². The summed E-state index contributed by atoms with van der Waals surface area (Å²) < 4.78 is 12.2. The van der Waals surface area contributed by atoms with Gasteiger partial charge in [-0.05, 0) is 18.9 Å². The molecule has 0 aromatic carbocycles. The summed E-state index contributed by atoms with van der Waals surface area (Å²) in [5, 5.41) is 15.9. The first-order chi connectivity index (χ1) is 9.66. The number of rotatable bonds is 4. The van der Waals surface area contributed by atoms with Crippen LogP contribution in [0.3, 0.4) is 0 Å². The molecule has 0 aliphatic heterocycles. The van der Waals surface area contributed by atoms with Crippen LogP contribution in [0.2, 0.25) is 5.02 Å². The molecule has 20 heavy (non-hydrogen) atoms. The predicted molar refractivity (Wildman–Crippen MR) is 73.8 cm³/mol. The third-order valence-electron chi connectivity index (χ3n) is 3.83. The van der Waals surface area contributed by atoms with Crippen molar-refractivity contribution in [2.45, 2.75) is 31.4 Å². The molecule has 1 unspecified atom stereocenters. The van der Waals surface area contributed by atoms with Crippen LogP contribution >= 0.6 is 11.6 Å². The Morgan fingerprint density at radius 1 is 1.60 bits per heavy atom. The molecule has 5 nitrogen and oxygen atoms in total. The Hall–Kier alpha value is -1.30. The summed E-state index contributed by atoms with van der Waals surface area (Å²) in [5.74, 6) is 0.828. The molecule has 0 fully saturated rings. The van der Waals surface area contributed by atoms with Gasteiger partial charge in [-0.15, -0.1) is 0 Å². The van der Waals surface area contributed by atoms with Crippen LogP contribution in [0.1, 0.15) is 29.9 Å². The van der Waals surface area contributed by atoms with Crippen molar-refractivity contribution < 1.29 is 14.3 Å². The van der Waals surface area contributed by atoms with E-state index in [1.807, 2.05) is 6.07 Å². The molecule has 1 aliphatic carbocycles. The summed E-state index contributed by atoms with van der Waals surface area (Å²) in [5.41, 5.74) is 0.283. The number of methoxy groups -OCH3 is 1. The van der Waals surface area contributed by atoms with Crippen molar-refractivity contribution in [1.82, 2.24) is 9.78 Å². The second kappa shape index (κ2) is 5.24. The Morgan fingerprint density at radius 3 is 3.25 bits per heavy atom. The fourth-order valence-electron chi connectivity index (χ4n) is 2.91. The number of ether oxygens (including phenoxy) is 1. The molecule has 2 heterocycles. The van der Waals surface area contributed by atoms with Crippen molar-refractivity contribution in [3.63, 3.8) is 0 Å². The highest BCUT2D eigenvalue weighted by molar-refractivity contribution is 6.31. The Balaban J connectivity index is 2.07. The molecule has 6 heteroatoms. The van der Waals surface area contributed by atoms with E-state index >= 15 is 0 Å². The van der Waals surface area contributed by atoms with Crippen LogP contribution in [-0.2, 0) is 23.3 Å². The lowest BCUT2D eigenvalue weighted by atomic mass is 9.80. The lowest BCUT2D eigenvalue weighted by Crippen LogP contribution is -2.34. The van der Waals surface area contributed by atoms with Gasteiger partial charge in [0.15, 0.2) is 0 Å². The Labute approximate surface area is 122 Å². The van der Waals surface area contributed by atoms with Gasteiger partial charge in [0.1, 0.15) is 11.4 Å². The minimum atomic E-state index is -1.14. The molecule has 2 aromatic heterocycles. The zero-order chi connectivity index (χ0) is 14.2. The van der Waals surface area contributed by atoms with Gasteiger partial charge in [0.25, 0.3) is 0 Å². The van der Waals surface area contributed by atoms with Gasteiger partial charge in [-0.25, -0.2) is 0 Å². The fraction of sp³-hybridized carbons (Fsp3) is 0.500. The number of halogens is 1. The van der Waals surface area contributed by atoms with Gasteiger partial charge in [-0.2, -0.15) is 5.10 Å². The van der Waals surface area contributed by atoms with E-state index in [1.165, 1.54) is 0 Å². The normalized spacial score (nSPS) is 21.9. The smallest absolute Gasteiger partial charge is 0.136 e. The number of hydrogen-bond acceptors (Lipinski definition) is 4. The molecule has 108 valence electrons. The summed E-state index contributed by atoms with van der Waals surface area (Å²) in [6.07, 6.45) is 5.48. The van der Waals surface area contributed by atoms with Gasteiger partial charge in [0, 0.05) is 19.1 Å². The standard InChI is InChI=1S/C14H17ClN2O3/c1-19-8-6-17-13(11(15)9-16-17)14(18)5-2-3-12-10(14)4-7-20-12/h4,7,9,18H,2-3,5-6,8H2,1H3. The van der Waals surface area contributed by atoms with Crippen LogP contribution in [0.25, 0.3) is 0 Å². The first-order valence-corrected chi connectivity index (χ1v) is 7.04. The molecule has 0 saturated heterocycles. The predicted octanol–water partition coefficient (Wildman–Crippen LogP) is 2.35. The molecular formula is C14H17ClN2O3. The highest BCUT2D eigenvalue weighted by atomic mass is 35.5. The van der Waals surface area contributed by atoms with Gasteiger partial charge in [0.2, 0.25) is 0 Å². The molecule has 1 aliphatic rings. The number of aryl methyl sites for hydroxylation is 1. The number of nitrogens with zero attached hydrogens (tertiary/aromatic N) is 2. The van der Waals surface area contributed by atoms with Gasteiger partial charge >= 0.3 is 0 Å². The number of fused-ring (bicyclic) bond motifs is 1. The average Bonchev–Trinajstić information content (AvgIpc) is 3.04. The highest BCUT2D eigenvalue weighted by Gasteiger charge is 2.42. The lowest BCUT2D eigenvalue weighted by molar-refractivity contribution is 0.0480. The van der Waals surface area contributed by atoms with Crippen LogP contribution in [-0.4, -0.2) is 28.6 Å². The second-order valence-corrected chi connectivity index (χ2v) is 5.44. The third-order valence-corrected chi connectivity index (χ3v) is 4.10. The van der Waals surface area contributed by atoms with Crippen LogP contribution in [0.4, 0.5) is 0 Å². The molecule has 0 radical (unpaired) electrons. The number of aliphatic hydroxyl groups is 1. The molecule has 0 spiro atoms. The maximum Gasteiger partial charge on any atom is 0.136 e. The molecule has 0 amide bonds. The maximum absolute atomic E-state index is 11.2. The second-order valence-electron chi connectivity index (χ2n) is 5.03. The Kier molecular flexibility index (Phi) is 3.58. The van der Waals surface area contributed by atoms with E-state index in [-0.39, 0.29) is 0 Å². The quantitative estimate of drug-likeness (QED) is 0.941. The average molecular weight is 297 g/mol. The van der Waals surface area contributed by atoms with Crippen LogP contribution < -0.4 is 0 Å². The maximum atomic E-state index is 11.2. The molecule has 0 saturated carbocycles. The van der Waals surface area contributed by atoms with Gasteiger partial charge < -0.3 is 14.3 Å². The van der Waals surface area contributed by atoms with Crippen LogP contribution in [0.15, 0.2) is 22.9 Å². The number of aromatic nitrogens is 2. The molecular weight excluding hydrogens is 280 g/mol. The van der Waals surface area contributed by atoms with E-state index in [1.54, 1.807) is 24.3 Å². The summed E-state index contributed by atoms with van der Waals surface area (Å²) in [4.78, 5) is 0. The Morgan fingerprint density at radius 2 is 2.45 bits per heavy atom. The molecule has 3 rings (SSSR count). The number of hydrogen-bond donors (Lipinski definition) is 1. The molecule has 1 atom stereocenters. The van der Waals surface area contributed by atoms with E-state index < -0.39 is 5.60 Å². The van der Waals surface area contributed by atoms with Crippen LogP contribution in [0.5, 0.6) is 0 Å². The van der Waals surface area contributed by atoms with E-state index in [2.05, 4.69) is 5.10 Å². The van der Waals surface area contributed by atoms with Crippen molar-refractivity contribution in [3.05, 3.63) is 40.6 Å². The van der Waals surface area contributed by atoms with Crippen LogP contribution in [0, 0.1) is 0 Å². The minimum absolute atomic E-state index is 0.470. The Bertz CT molecular complexity index is 607. The van der Waals surface area contributed by atoms with Gasteiger partial charge in [-0.1, -0.05) is 11.6 Å². The summed E-state index contributed by atoms with van der Waals surface area (Å²) in [6.45, 7) is 1.06. The monoisotopic (exact) mass is 296 g/mol. The molecule has 1 N–H and O–H groups in total. The largest absolute Gasteiger partial charge is 0.469 e. The highest BCUT2D eigenvalue weighted by Crippen LogP contribution is 2.43. The summed E-state index contributed by atoms with van der Waals surface area (Å²) in [6, 6.07) is 1.82. The van der Waals surface area contributed by atoms with Gasteiger partial charge in [-0.3, -0.25) is 4.68 Å². The van der Waals surface area contributed by atoms with Crippen molar-refractivity contribution in [2.75, 3.05) is 13.7 Å². The van der Waals surface area contributed by atoms with Crippen molar-refractivity contribution in [3.8, 4) is 0 Å². The van der Waals surface area contributed by atoms with E-state index in [0.29, 0.717) is 30.3 Å². The van der Waals surface area contributed by atoms with Crippen molar-refractivity contribution in [1.29, 1.82) is 0 Å². The zero-order valence-corrected chi connectivity index (χ0v) is 12.1. The van der Waals surface area contributed by atoms with Crippen molar-refractivity contribution >= 4 is 11.6 Å². The SMILES string of the molecule is COCCn1ncc(Cl)c1C1(O)CCCc2occc21.